The van der Waals surface area contributed by atoms with Gasteiger partial charge in [-0.2, -0.15) is 0 Å². The van der Waals surface area contributed by atoms with Crippen LogP contribution in [0.15, 0.2) is 18.2 Å². The number of aryl methyl sites for hydroxylation is 1. The molecular formula is C19H30O2. The molecule has 0 spiro atoms. The molecule has 1 N–H and O–H groups in total. The van der Waals surface area contributed by atoms with E-state index in [2.05, 4.69) is 13.8 Å². The molecule has 21 heavy (non-hydrogen) atoms. The highest BCUT2D eigenvalue weighted by Crippen LogP contribution is 2.26. The number of allylic oxidation sites excluding steroid dienone is 1. The quantitative estimate of drug-likeness (QED) is 0.684. The Morgan fingerprint density at radius 2 is 2.05 bits per heavy atom. The van der Waals surface area contributed by atoms with E-state index in [1.807, 2.05) is 38.1 Å². The maximum atomic E-state index is 9.39. The minimum absolute atomic E-state index is 0.0742. The van der Waals surface area contributed by atoms with Gasteiger partial charge in [0.05, 0.1) is 13.2 Å². The molecule has 2 nitrogen and oxygen atoms in total. The molecule has 0 aliphatic rings. The molecule has 1 atom stereocenters. The van der Waals surface area contributed by atoms with Crippen LogP contribution >= 0.6 is 0 Å². The van der Waals surface area contributed by atoms with Crippen LogP contribution in [0.4, 0.5) is 0 Å². The molecule has 0 bridgehead atoms. The molecule has 0 saturated heterocycles. The predicted octanol–water partition coefficient (Wildman–Crippen LogP) is 5.12. The number of hydrogen-bond donors (Lipinski definition) is 1. The average molecular weight is 290 g/mol. The Balaban J connectivity index is 2.83. The first-order valence-electron chi connectivity index (χ1n) is 8.16. The lowest BCUT2D eigenvalue weighted by atomic mass is 10.00. The monoisotopic (exact) mass is 290 g/mol. The molecule has 0 heterocycles. The van der Waals surface area contributed by atoms with Crippen molar-refractivity contribution >= 4 is 6.08 Å². The van der Waals surface area contributed by atoms with Crippen LogP contribution in [-0.2, 0) is 6.61 Å². The highest BCUT2D eigenvalue weighted by Gasteiger charge is 2.10. The fourth-order valence-corrected chi connectivity index (χ4v) is 2.46. The molecule has 0 saturated carbocycles. The van der Waals surface area contributed by atoms with Crippen LogP contribution in [0.3, 0.4) is 0 Å². The number of aliphatic hydroxyl groups excluding tert-OH is 1. The van der Waals surface area contributed by atoms with Gasteiger partial charge < -0.3 is 9.84 Å². The van der Waals surface area contributed by atoms with Crippen LogP contribution in [0.1, 0.15) is 63.1 Å². The topological polar surface area (TPSA) is 29.5 Å². The van der Waals surface area contributed by atoms with Gasteiger partial charge in [-0.25, -0.2) is 0 Å². The summed E-state index contributed by atoms with van der Waals surface area (Å²) in [6, 6.07) is 4.07. The highest BCUT2D eigenvalue weighted by atomic mass is 16.5. The largest absolute Gasteiger partial charge is 0.493 e. The summed E-state index contributed by atoms with van der Waals surface area (Å²) in [5.41, 5.74) is 3.10. The molecule has 0 aromatic heterocycles. The SMILES string of the molecule is C/C=C/c1cc(CO)c(C)cc1OCC(CC)CCCC. The van der Waals surface area contributed by atoms with Crippen molar-refractivity contribution in [3.63, 3.8) is 0 Å². The molecule has 1 rings (SSSR count). The van der Waals surface area contributed by atoms with E-state index in [0.717, 1.165) is 35.5 Å². The summed E-state index contributed by atoms with van der Waals surface area (Å²) in [6.07, 6.45) is 8.96. The van der Waals surface area contributed by atoms with Crippen molar-refractivity contribution in [2.24, 2.45) is 5.92 Å². The first-order chi connectivity index (χ1) is 10.2. The Hall–Kier alpha value is -1.28. The van der Waals surface area contributed by atoms with Gasteiger partial charge in [-0.3, -0.25) is 0 Å². The molecule has 1 aromatic rings. The Morgan fingerprint density at radius 3 is 2.62 bits per heavy atom. The second-order valence-electron chi connectivity index (χ2n) is 5.70. The molecule has 0 fully saturated rings. The van der Waals surface area contributed by atoms with Crippen molar-refractivity contribution in [3.8, 4) is 5.75 Å². The van der Waals surface area contributed by atoms with E-state index in [0.29, 0.717) is 5.92 Å². The van der Waals surface area contributed by atoms with Crippen molar-refractivity contribution < 1.29 is 9.84 Å². The van der Waals surface area contributed by atoms with Crippen LogP contribution < -0.4 is 4.74 Å². The maximum absolute atomic E-state index is 9.39. The maximum Gasteiger partial charge on any atom is 0.126 e. The first kappa shape index (κ1) is 17.8. The fourth-order valence-electron chi connectivity index (χ4n) is 2.46. The smallest absolute Gasteiger partial charge is 0.126 e. The highest BCUT2D eigenvalue weighted by molar-refractivity contribution is 5.59. The van der Waals surface area contributed by atoms with Crippen molar-refractivity contribution in [1.29, 1.82) is 0 Å². The molecule has 118 valence electrons. The first-order valence-corrected chi connectivity index (χ1v) is 8.16. The van der Waals surface area contributed by atoms with Crippen LogP contribution in [0.5, 0.6) is 5.75 Å². The van der Waals surface area contributed by atoms with Gasteiger partial charge in [-0.05, 0) is 49.4 Å². The third-order valence-corrected chi connectivity index (χ3v) is 4.00. The van der Waals surface area contributed by atoms with Gasteiger partial charge >= 0.3 is 0 Å². The summed E-state index contributed by atoms with van der Waals surface area (Å²) in [5.74, 6) is 1.55. The molecule has 0 aliphatic heterocycles. The van der Waals surface area contributed by atoms with E-state index in [-0.39, 0.29) is 6.61 Å². The average Bonchev–Trinajstić information content (AvgIpc) is 2.49. The third-order valence-electron chi connectivity index (χ3n) is 4.00. The summed E-state index contributed by atoms with van der Waals surface area (Å²) in [7, 11) is 0. The lowest BCUT2D eigenvalue weighted by Gasteiger charge is -2.18. The number of benzene rings is 1. The van der Waals surface area contributed by atoms with E-state index in [1.54, 1.807) is 0 Å². The van der Waals surface area contributed by atoms with Crippen molar-refractivity contribution in [2.45, 2.75) is 60.0 Å². The van der Waals surface area contributed by atoms with Gasteiger partial charge in [0, 0.05) is 5.56 Å². The number of unbranched alkanes of at least 4 members (excludes halogenated alkanes) is 1. The van der Waals surface area contributed by atoms with E-state index >= 15 is 0 Å². The second kappa shape index (κ2) is 9.62. The number of hydrogen-bond acceptors (Lipinski definition) is 2. The Labute approximate surface area is 129 Å². The summed E-state index contributed by atoms with van der Waals surface area (Å²) in [5, 5.41) is 9.39. The summed E-state index contributed by atoms with van der Waals surface area (Å²) < 4.78 is 6.09. The molecule has 0 radical (unpaired) electrons. The molecule has 1 unspecified atom stereocenters. The Morgan fingerprint density at radius 1 is 1.29 bits per heavy atom. The van der Waals surface area contributed by atoms with Gasteiger partial charge in [0.25, 0.3) is 0 Å². The standard InChI is InChI=1S/C19H30O2/c1-5-8-10-16(7-3)14-21-19-11-15(4)18(13-20)12-17(19)9-6-2/h6,9,11-12,16,20H,5,7-8,10,13-14H2,1-4H3/b9-6+. The van der Waals surface area contributed by atoms with Crippen LogP contribution in [0, 0.1) is 12.8 Å². The van der Waals surface area contributed by atoms with Crippen LogP contribution in [0.2, 0.25) is 0 Å². The molecule has 2 heteroatoms. The third kappa shape index (κ3) is 5.55. The van der Waals surface area contributed by atoms with Gasteiger partial charge in [0.15, 0.2) is 0 Å². The summed E-state index contributed by atoms with van der Waals surface area (Å²) in [4.78, 5) is 0. The van der Waals surface area contributed by atoms with Crippen molar-refractivity contribution in [1.82, 2.24) is 0 Å². The van der Waals surface area contributed by atoms with E-state index < -0.39 is 0 Å². The molecule has 0 amide bonds. The van der Waals surface area contributed by atoms with Crippen molar-refractivity contribution in [2.75, 3.05) is 6.61 Å². The van der Waals surface area contributed by atoms with Gasteiger partial charge in [-0.1, -0.05) is 45.3 Å². The van der Waals surface area contributed by atoms with Crippen LogP contribution in [-0.4, -0.2) is 11.7 Å². The zero-order chi connectivity index (χ0) is 15.7. The number of aliphatic hydroxyl groups is 1. The lowest BCUT2D eigenvalue weighted by molar-refractivity contribution is 0.232. The second-order valence-corrected chi connectivity index (χ2v) is 5.70. The zero-order valence-electron chi connectivity index (χ0n) is 14.0. The number of rotatable bonds is 9. The molecule has 0 aliphatic carbocycles. The van der Waals surface area contributed by atoms with Crippen molar-refractivity contribution in [3.05, 3.63) is 34.9 Å². The van der Waals surface area contributed by atoms with E-state index in [9.17, 15) is 5.11 Å². The van der Waals surface area contributed by atoms with Gasteiger partial charge in [0.2, 0.25) is 0 Å². The van der Waals surface area contributed by atoms with E-state index in [1.165, 1.54) is 19.3 Å². The molecule has 1 aromatic carbocycles. The fraction of sp³-hybridized carbons (Fsp3) is 0.579. The Kier molecular flexibility index (Phi) is 8.14. The minimum atomic E-state index is 0.0742. The minimum Gasteiger partial charge on any atom is -0.493 e. The summed E-state index contributed by atoms with van der Waals surface area (Å²) in [6.45, 7) is 9.33. The normalized spacial score (nSPS) is 12.8. The van der Waals surface area contributed by atoms with Crippen LogP contribution in [0.25, 0.3) is 6.08 Å². The lowest BCUT2D eigenvalue weighted by Crippen LogP contribution is -2.12. The number of ether oxygens (including phenoxy) is 1. The molecular weight excluding hydrogens is 260 g/mol. The Bertz CT molecular complexity index is 449. The van der Waals surface area contributed by atoms with E-state index in [4.69, 9.17) is 4.74 Å². The summed E-state index contributed by atoms with van der Waals surface area (Å²) >= 11 is 0. The predicted molar refractivity (Wildman–Crippen MR) is 90.6 cm³/mol. The van der Waals surface area contributed by atoms with Gasteiger partial charge in [-0.15, -0.1) is 0 Å². The zero-order valence-corrected chi connectivity index (χ0v) is 14.0. The van der Waals surface area contributed by atoms with Gasteiger partial charge in [0.1, 0.15) is 5.75 Å².